The molecule has 1 aliphatic heterocycles. The third-order valence-corrected chi connectivity index (χ3v) is 4.15. The number of benzene rings is 1. The number of ether oxygens (including phenoxy) is 1. The molecule has 7 heteroatoms. The first kappa shape index (κ1) is 16.4. The topological polar surface area (TPSA) is 80.5 Å². The molecular formula is C17H22N4O3. The maximum Gasteiger partial charge on any atom is 0.322 e. The maximum absolute atomic E-state index is 11.7. The van der Waals surface area contributed by atoms with Crippen molar-refractivity contribution in [3.05, 3.63) is 41.5 Å². The molecule has 2 aromatic rings. The molecule has 1 N–H and O–H groups in total. The molecule has 1 aromatic carbocycles. The Kier molecular flexibility index (Phi) is 4.53. The predicted octanol–water partition coefficient (Wildman–Crippen LogP) is 1.84. The molecule has 0 aliphatic carbocycles. The van der Waals surface area contributed by atoms with Gasteiger partial charge in [0.15, 0.2) is 0 Å². The third kappa shape index (κ3) is 3.26. The zero-order chi connectivity index (χ0) is 17.3. The van der Waals surface area contributed by atoms with Crippen LogP contribution in [-0.4, -0.2) is 42.9 Å². The van der Waals surface area contributed by atoms with Gasteiger partial charge >= 0.3 is 5.97 Å². The highest BCUT2D eigenvalue weighted by Crippen LogP contribution is 2.25. The molecule has 0 saturated heterocycles. The Balaban J connectivity index is 1.87. The summed E-state index contributed by atoms with van der Waals surface area (Å²) < 4.78 is 7.73. The highest BCUT2D eigenvalue weighted by molar-refractivity contribution is 5.73. The number of carboxylic acids is 1. The number of rotatable bonds is 5. The average molecular weight is 330 g/mol. The highest BCUT2D eigenvalue weighted by Gasteiger charge is 2.33. The Morgan fingerprint density at radius 3 is 2.83 bits per heavy atom. The van der Waals surface area contributed by atoms with Crippen molar-refractivity contribution < 1.29 is 14.6 Å². The fraction of sp³-hybridized carbons (Fsp3) is 0.471. The largest absolute Gasteiger partial charge is 0.491 e. The zero-order valence-electron chi connectivity index (χ0n) is 14.1. The molecule has 2 heterocycles. The van der Waals surface area contributed by atoms with E-state index in [9.17, 15) is 9.90 Å². The van der Waals surface area contributed by atoms with Crippen molar-refractivity contribution in [3.63, 3.8) is 0 Å². The molecule has 3 rings (SSSR count). The molecule has 0 saturated carbocycles. The van der Waals surface area contributed by atoms with Gasteiger partial charge in [0.05, 0.1) is 19.2 Å². The predicted molar refractivity (Wildman–Crippen MR) is 87.6 cm³/mol. The summed E-state index contributed by atoms with van der Waals surface area (Å²) in [7, 11) is 0. The minimum absolute atomic E-state index is 0.0634. The van der Waals surface area contributed by atoms with Gasteiger partial charge in [0.2, 0.25) is 0 Å². The van der Waals surface area contributed by atoms with Crippen LogP contribution in [-0.2, 0) is 24.4 Å². The number of fused-ring (bicyclic) bond motifs is 1. The quantitative estimate of drug-likeness (QED) is 0.901. The summed E-state index contributed by atoms with van der Waals surface area (Å²) in [6, 6.07) is 7.14. The van der Waals surface area contributed by atoms with Crippen LogP contribution in [0.5, 0.6) is 5.75 Å². The first-order chi connectivity index (χ1) is 11.5. The molecule has 7 nitrogen and oxygen atoms in total. The number of carboxylic acid groups (broad SMARTS) is 1. The summed E-state index contributed by atoms with van der Waals surface area (Å²) in [6.07, 6.45) is 0.0634. The standard InChI is InChI=1S/C17H22N4O3/c1-11(2)24-15-7-5-4-6-13(15)8-20-10-16-19-18-12(3)21(16)9-14(20)17(22)23/h4-7,11,14H,8-10H2,1-3H3,(H,22,23). The lowest BCUT2D eigenvalue weighted by molar-refractivity contribution is -0.145. The van der Waals surface area contributed by atoms with Gasteiger partial charge < -0.3 is 14.4 Å². The van der Waals surface area contributed by atoms with Crippen LogP contribution in [0, 0.1) is 6.92 Å². The molecule has 1 unspecified atom stereocenters. The Labute approximate surface area is 140 Å². The van der Waals surface area contributed by atoms with Crippen LogP contribution in [0.2, 0.25) is 0 Å². The normalized spacial score (nSPS) is 17.8. The van der Waals surface area contributed by atoms with Gasteiger partial charge in [0.25, 0.3) is 0 Å². The zero-order valence-corrected chi connectivity index (χ0v) is 14.1. The molecular weight excluding hydrogens is 308 g/mol. The fourth-order valence-electron chi connectivity index (χ4n) is 2.98. The number of hydrogen-bond acceptors (Lipinski definition) is 5. The molecule has 0 bridgehead atoms. The van der Waals surface area contributed by atoms with Gasteiger partial charge in [-0.15, -0.1) is 10.2 Å². The van der Waals surface area contributed by atoms with E-state index in [2.05, 4.69) is 10.2 Å². The molecule has 0 spiro atoms. The van der Waals surface area contributed by atoms with Crippen LogP contribution < -0.4 is 4.74 Å². The summed E-state index contributed by atoms with van der Waals surface area (Å²) in [4.78, 5) is 13.6. The summed E-state index contributed by atoms with van der Waals surface area (Å²) in [5.41, 5.74) is 0.974. The minimum atomic E-state index is -0.837. The van der Waals surface area contributed by atoms with Gasteiger partial charge in [-0.1, -0.05) is 18.2 Å². The van der Waals surface area contributed by atoms with E-state index in [1.807, 2.05) is 54.5 Å². The molecule has 0 amide bonds. The van der Waals surface area contributed by atoms with E-state index in [4.69, 9.17) is 4.74 Å². The third-order valence-electron chi connectivity index (χ3n) is 4.15. The van der Waals surface area contributed by atoms with E-state index in [0.717, 1.165) is 23.0 Å². The Morgan fingerprint density at radius 2 is 2.12 bits per heavy atom. The number of aryl methyl sites for hydroxylation is 1. The second-order valence-electron chi connectivity index (χ2n) is 6.31. The van der Waals surface area contributed by atoms with E-state index < -0.39 is 12.0 Å². The van der Waals surface area contributed by atoms with E-state index >= 15 is 0 Å². The Hall–Kier alpha value is -2.41. The molecule has 1 atom stereocenters. The van der Waals surface area contributed by atoms with E-state index in [0.29, 0.717) is 19.6 Å². The Morgan fingerprint density at radius 1 is 1.38 bits per heavy atom. The number of aliphatic carboxylic acids is 1. The van der Waals surface area contributed by atoms with Crippen LogP contribution in [0.3, 0.4) is 0 Å². The lowest BCUT2D eigenvalue weighted by Gasteiger charge is -2.33. The number of aromatic nitrogens is 3. The summed E-state index contributed by atoms with van der Waals surface area (Å²) in [6.45, 7) is 7.10. The molecule has 128 valence electrons. The van der Waals surface area contributed by atoms with Gasteiger partial charge in [-0.05, 0) is 26.8 Å². The molecule has 24 heavy (non-hydrogen) atoms. The van der Waals surface area contributed by atoms with Crippen LogP contribution in [0.4, 0.5) is 0 Å². The van der Waals surface area contributed by atoms with Crippen molar-refractivity contribution in [1.29, 1.82) is 0 Å². The summed E-state index contributed by atoms with van der Waals surface area (Å²) in [5.74, 6) is 1.50. The maximum atomic E-state index is 11.7. The van der Waals surface area contributed by atoms with Crippen molar-refractivity contribution in [3.8, 4) is 5.75 Å². The van der Waals surface area contributed by atoms with E-state index in [1.165, 1.54) is 0 Å². The lowest BCUT2D eigenvalue weighted by atomic mass is 10.1. The van der Waals surface area contributed by atoms with Crippen LogP contribution in [0.1, 0.15) is 31.1 Å². The van der Waals surface area contributed by atoms with Gasteiger partial charge in [-0.3, -0.25) is 9.69 Å². The van der Waals surface area contributed by atoms with Crippen molar-refractivity contribution in [1.82, 2.24) is 19.7 Å². The molecule has 0 radical (unpaired) electrons. The summed E-state index contributed by atoms with van der Waals surface area (Å²) >= 11 is 0. The second-order valence-corrected chi connectivity index (χ2v) is 6.31. The smallest absolute Gasteiger partial charge is 0.322 e. The number of para-hydroxylation sites is 1. The first-order valence-electron chi connectivity index (χ1n) is 8.05. The molecule has 1 aromatic heterocycles. The lowest BCUT2D eigenvalue weighted by Crippen LogP contribution is -2.47. The van der Waals surface area contributed by atoms with Gasteiger partial charge in [-0.2, -0.15) is 0 Å². The van der Waals surface area contributed by atoms with Gasteiger partial charge in [-0.25, -0.2) is 0 Å². The first-order valence-corrected chi connectivity index (χ1v) is 8.05. The van der Waals surface area contributed by atoms with Crippen LogP contribution in [0.25, 0.3) is 0 Å². The fourth-order valence-corrected chi connectivity index (χ4v) is 2.98. The van der Waals surface area contributed by atoms with Crippen molar-refractivity contribution in [2.24, 2.45) is 0 Å². The number of hydrogen-bond donors (Lipinski definition) is 1. The SMILES string of the molecule is Cc1nnc2n1CC(C(=O)O)N(Cc1ccccc1OC(C)C)C2. The second kappa shape index (κ2) is 6.60. The molecule has 0 fully saturated rings. The van der Waals surface area contributed by atoms with Gasteiger partial charge in [0, 0.05) is 12.1 Å². The van der Waals surface area contributed by atoms with E-state index in [-0.39, 0.29) is 6.10 Å². The number of nitrogens with zero attached hydrogens (tertiary/aromatic N) is 4. The van der Waals surface area contributed by atoms with Gasteiger partial charge in [0.1, 0.15) is 23.4 Å². The monoisotopic (exact) mass is 330 g/mol. The number of carbonyl (C=O) groups is 1. The van der Waals surface area contributed by atoms with Crippen LogP contribution >= 0.6 is 0 Å². The average Bonchev–Trinajstić information content (AvgIpc) is 2.88. The van der Waals surface area contributed by atoms with Crippen molar-refractivity contribution in [2.45, 2.75) is 52.6 Å². The Bertz CT molecular complexity index is 741. The minimum Gasteiger partial charge on any atom is -0.491 e. The highest BCUT2D eigenvalue weighted by atomic mass is 16.5. The van der Waals surface area contributed by atoms with Crippen molar-refractivity contribution >= 4 is 5.97 Å². The molecule has 1 aliphatic rings. The van der Waals surface area contributed by atoms with E-state index in [1.54, 1.807) is 0 Å². The van der Waals surface area contributed by atoms with Crippen molar-refractivity contribution in [2.75, 3.05) is 0 Å². The van der Waals surface area contributed by atoms with Crippen LogP contribution in [0.15, 0.2) is 24.3 Å². The summed E-state index contributed by atoms with van der Waals surface area (Å²) in [5, 5.41) is 17.8.